The van der Waals surface area contributed by atoms with Gasteiger partial charge in [0, 0.05) is 41.3 Å². The van der Waals surface area contributed by atoms with E-state index in [1.54, 1.807) is 18.0 Å². The fraction of sp³-hybridized carbons (Fsp3) is 0.579. The van der Waals surface area contributed by atoms with Crippen molar-refractivity contribution in [2.24, 2.45) is 10.4 Å². The molecule has 5 nitrogen and oxygen atoms in total. The quantitative estimate of drug-likeness (QED) is 0.657. The molecule has 2 rings (SSSR count). The van der Waals surface area contributed by atoms with Crippen LogP contribution in [0.25, 0.3) is 0 Å². The number of nitrogens with zero attached hydrogens (tertiary/aromatic N) is 3. The predicted molar refractivity (Wildman–Crippen MR) is 98.8 cm³/mol. The Hall–Kier alpha value is -2.11. The van der Waals surface area contributed by atoms with Gasteiger partial charge in [0.1, 0.15) is 5.82 Å². The monoisotopic (exact) mass is 348 g/mol. The molecule has 0 bridgehead atoms. The SMILES string of the molecule is CN=C(NCC1(C(=O)N(C)C)CCCC1)N(C)Cc1cccc(F)c1. The van der Waals surface area contributed by atoms with Crippen LogP contribution in [0.4, 0.5) is 4.39 Å². The average Bonchev–Trinajstić information content (AvgIpc) is 3.04. The zero-order valence-electron chi connectivity index (χ0n) is 15.7. The molecule has 138 valence electrons. The van der Waals surface area contributed by atoms with Crippen LogP contribution in [0.3, 0.4) is 0 Å². The van der Waals surface area contributed by atoms with Crippen LogP contribution in [0.2, 0.25) is 0 Å². The third-order valence-electron chi connectivity index (χ3n) is 4.89. The maximum Gasteiger partial charge on any atom is 0.230 e. The highest BCUT2D eigenvalue weighted by atomic mass is 19.1. The fourth-order valence-corrected chi connectivity index (χ4v) is 3.61. The van der Waals surface area contributed by atoms with Gasteiger partial charge in [-0.25, -0.2) is 4.39 Å². The Labute approximate surface area is 149 Å². The number of hydrogen-bond donors (Lipinski definition) is 1. The maximum absolute atomic E-state index is 13.4. The number of carbonyl (C=O) groups is 1. The second-order valence-electron chi connectivity index (χ2n) is 7.07. The van der Waals surface area contributed by atoms with E-state index in [4.69, 9.17) is 0 Å². The van der Waals surface area contributed by atoms with Gasteiger partial charge in [-0.2, -0.15) is 0 Å². The van der Waals surface area contributed by atoms with Crippen molar-refractivity contribution in [3.05, 3.63) is 35.6 Å². The van der Waals surface area contributed by atoms with Gasteiger partial charge in [0.15, 0.2) is 5.96 Å². The summed E-state index contributed by atoms with van der Waals surface area (Å²) in [6, 6.07) is 6.56. The van der Waals surface area contributed by atoms with Gasteiger partial charge in [-0.15, -0.1) is 0 Å². The van der Waals surface area contributed by atoms with E-state index in [9.17, 15) is 9.18 Å². The first-order valence-corrected chi connectivity index (χ1v) is 8.76. The summed E-state index contributed by atoms with van der Waals surface area (Å²) in [7, 11) is 7.26. The van der Waals surface area contributed by atoms with Crippen molar-refractivity contribution in [3.63, 3.8) is 0 Å². The molecule has 25 heavy (non-hydrogen) atoms. The van der Waals surface area contributed by atoms with Crippen molar-refractivity contribution in [3.8, 4) is 0 Å². The van der Waals surface area contributed by atoms with Crippen LogP contribution in [-0.4, -0.2) is 56.4 Å². The predicted octanol–water partition coefficient (Wildman–Crippen LogP) is 2.48. The number of carbonyl (C=O) groups excluding carboxylic acids is 1. The van der Waals surface area contributed by atoms with Crippen molar-refractivity contribution in [1.29, 1.82) is 0 Å². The van der Waals surface area contributed by atoms with Crippen LogP contribution >= 0.6 is 0 Å². The summed E-state index contributed by atoms with van der Waals surface area (Å²) >= 11 is 0. The van der Waals surface area contributed by atoms with Gasteiger partial charge < -0.3 is 15.1 Å². The number of hydrogen-bond acceptors (Lipinski definition) is 2. The minimum Gasteiger partial charge on any atom is -0.355 e. The first-order valence-electron chi connectivity index (χ1n) is 8.76. The Kier molecular flexibility index (Phi) is 6.39. The first kappa shape index (κ1) is 19.2. The first-order chi connectivity index (χ1) is 11.9. The number of amides is 1. The zero-order valence-corrected chi connectivity index (χ0v) is 15.7. The molecule has 1 saturated carbocycles. The highest BCUT2D eigenvalue weighted by Crippen LogP contribution is 2.38. The van der Waals surface area contributed by atoms with Crippen LogP contribution in [0.15, 0.2) is 29.3 Å². The lowest BCUT2D eigenvalue weighted by atomic mass is 9.84. The van der Waals surface area contributed by atoms with E-state index in [-0.39, 0.29) is 17.1 Å². The topological polar surface area (TPSA) is 47.9 Å². The van der Waals surface area contributed by atoms with Crippen LogP contribution in [-0.2, 0) is 11.3 Å². The maximum atomic E-state index is 13.4. The molecule has 0 atom stereocenters. The minimum absolute atomic E-state index is 0.181. The molecule has 0 aliphatic heterocycles. The molecule has 1 fully saturated rings. The fourth-order valence-electron chi connectivity index (χ4n) is 3.61. The van der Waals surface area contributed by atoms with Crippen molar-refractivity contribution in [1.82, 2.24) is 15.1 Å². The number of halogens is 1. The summed E-state index contributed by atoms with van der Waals surface area (Å²) in [6.07, 6.45) is 3.97. The summed E-state index contributed by atoms with van der Waals surface area (Å²) in [5.41, 5.74) is 0.532. The van der Waals surface area contributed by atoms with E-state index < -0.39 is 0 Å². The van der Waals surface area contributed by atoms with Crippen molar-refractivity contribution >= 4 is 11.9 Å². The molecule has 6 heteroatoms. The minimum atomic E-state index is -0.348. The van der Waals surface area contributed by atoms with E-state index in [1.807, 2.05) is 32.1 Å². The molecular formula is C19H29FN4O. The summed E-state index contributed by atoms with van der Waals surface area (Å²) < 4.78 is 13.4. The Morgan fingerprint density at radius 3 is 2.52 bits per heavy atom. The van der Waals surface area contributed by atoms with Crippen LogP contribution in [0.1, 0.15) is 31.2 Å². The standard InChI is InChI=1S/C19H29FN4O/c1-21-18(24(4)13-15-8-7-9-16(20)12-15)22-14-19(10-5-6-11-19)17(25)23(2)3/h7-9,12H,5-6,10-11,13-14H2,1-4H3,(H,21,22). The molecule has 0 aromatic heterocycles. The largest absolute Gasteiger partial charge is 0.355 e. The molecule has 1 aliphatic carbocycles. The Morgan fingerprint density at radius 1 is 1.28 bits per heavy atom. The summed E-state index contributed by atoms with van der Waals surface area (Å²) in [4.78, 5) is 20.6. The van der Waals surface area contributed by atoms with E-state index in [0.717, 1.165) is 31.2 Å². The van der Waals surface area contributed by atoms with Gasteiger partial charge >= 0.3 is 0 Å². The second-order valence-corrected chi connectivity index (χ2v) is 7.07. The molecule has 0 heterocycles. The van der Waals surface area contributed by atoms with Gasteiger partial charge in [-0.3, -0.25) is 9.79 Å². The van der Waals surface area contributed by atoms with Gasteiger partial charge in [0.25, 0.3) is 0 Å². The van der Waals surface area contributed by atoms with E-state index in [0.29, 0.717) is 19.0 Å². The molecular weight excluding hydrogens is 319 g/mol. The third kappa shape index (κ3) is 4.71. The van der Waals surface area contributed by atoms with E-state index in [1.165, 1.54) is 12.1 Å². The zero-order chi connectivity index (χ0) is 18.4. The van der Waals surface area contributed by atoms with Crippen molar-refractivity contribution in [2.75, 3.05) is 34.7 Å². The number of benzene rings is 1. The number of nitrogens with one attached hydrogen (secondary N) is 1. The Morgan fingerprint density at radius 2 is 1.96 bits per heavy atom. The molecule has 0 unspecified atom stereocenters. The smallest absolute Gasteiger partial charge is 0.230 e. The van der Waals surface area contributed by atoms with Gasteiger partial charge in [0.05, 0.1) is 5.41 Å². The Bertz CT molecular complexity index is 624. The van der Waals surface area contributed by atoms with Crippen molar-refractivity contribution < 1.29 is 9.18 Å². The lowest BCUT2D eigenvalue weighted by molar-refractivity contribution is -0.138. The van der Waals surface area contributed by atoms with Crippen molar-refractivity contribution in [2.45, 2.75) is 32.2 Å². The summed E-state index contributed by atoms with van der Waals surface area (Å²) in [5.74, 6) is 0.651. The molecule has 1 amide bonds. The summed E-state index contributed by atoms with van der Waals surface area (Å²) in [5, 5.41) is 3.36. The second kappa shape index (κ2) is 8.32. The van der Waals surface area contributed by atoms with E-state index >= 15 is 0 Å². The van der Waals surface area contributed by atoms with Crippen LogP contribution < -0.4 is 5.32 Å². The molecule has 1 aromatic rings. The van der Waals surface area contributed by atoms with Gasteiger partial charge in [0.2, 0.25) is 5.91 Å². The summed E-state index contributed by atoms with van der Waals surface area (Å²) in [6.45, 7) is 1.12. The third-order valence-corrected chi connectivity index (χ3v) is 4.89. The lowest BCUT2D eigenvalue weighted by Gasteiger charge is -2.32. The number of aliphatic imine (C=N–C) groups is 1. The average molecular weight is 348 g/mol. The van der Waals surface area contributed by atoms with Gasteiger partial charge in [-0.05, 0) is 30.5 Å². The normalized spacial score (nSPS) is 16.6. The highest BCUT2D eigenvalue weighted by molar-refractivity contribution is 5.85. The number of guanidine groups is 1. The van der Waals surface area contributed by atoms with Crippen LogP contribution in [0, 0.1) is 11.2 Å². The molecule has 0 spiro atoms. The molecule has 0 radical (unpaired) electrons. The Balaban J connectivity index is 2.02. The van der Waals surface area contributed by atoms with E-state index in [2.05, 4.69) is 10.3 Å². The van der Waals surface area contributed by atoms with Crippen LogP contribution in [0.5, 0.6) is 0 Å². The molecule has 1 aliphatic rings. The lowest BCUT2D eigenvalue weighted by Crippen LogP contribution is -2.49. The molecule has 1 aromatic carbocycles. The number of rotatable bonds is 5. The van der Waals surface area contributed by atoms with Gasteiger partial charge in [-0.1, -0.05) is 25.0 Å². The molecule has 0 saturated heterocycles. The molecule has 1 N–H and O–H groups in total. The highest BCUT2D eigenvalue weighted by Gasteiger charge is 2.42.